The van der Waals surface area contributed by atoms with Gasteiger partial charge in [-0.05, 0) is 50.8 Å². The topological polar surface area (TPSA) is 68.8 Å². The van der Waals surface area contributed by atoms with Gasteiger partial charge in [0, 0.05) is 37.4 Å². The van der Waals surface area contributed by atoms with Crippen LogP contribution >= 0.6 is 11.3 Å². The highest BCUT2D eigenvalue weighted by Gasteiger charge is 2.31. The van der Waals surface area contributed by atoms with Crippen LogP contribution in [0.4, 0.5) is 0 Å². The molecular weight excluding hydrogens is 432 g/mol. The van der Waals surface area contributed by atoms with Crippen LogP contribution < -0.4 is 0 Å². The van der Waals surface area contributed by atoms with Crippen molar-refractivity contribution in [3.63, 3.8) is 0 Å². The number of fused-ring (bicyclic) bond motifs is 2. The highest BCUT2D eigenvalue weighted by atomic mass is 32.1. The fraction of sp³-hybridized carbons (Fsp3) is 0.440. The average molecular weight is 461 g/mol. The van der Waals surface area contributed by atoms with Gasteiger partial charge in [-0.3, -0.25) is 4.79 Å². The molecule has 170 valence electrons. The van der Waals surface area contributed by atoms with Gasteiger partial charge in [0.1, 0.15) is 16.5 Å². The Bertz CT molecular complexity index is 1300. The van der Waals surface area contributed by atoms with Gasteiger partial charge in [0.05, 0.1) is 16.3 Å². The van der Waals surface area contributed by atoms with E-state index in [9.17, 15) is 4.79 Å². The minimum atomic E-state index is 0.121. The monoisotopic (exact) mass is 460 g/mol. The van der Waals surface area contributed by atoms with Crippen LogP contribution in [-0.4, -0.2) is 48.4 Å². The molecule has 5 heterocycles. The summed E-state index contributed by atoms with van der Waals surface area (Å²) in [6, 6.07) is 12.1. The van der Waals surface area contributed by atoms with Gasteiger partial charge in [-0.15, -0.1) is 21.5 Å². The standard InChI is InChI=1S/C25H28N6OS/c1-17-20-15-21(33-25(20)31(28-17)19-10-4-2-5-11-19)24(32)29-13-8-9-18(16-29)23-27-26-22-12-6-3-7-14-30(22)23/h2,4-5,10-11,15,18H,3,6-9,12-14,16H2,1H3. The van der Waals surface area contributed by atoms with E-state index in [2.05, 4.69) is 14.8 Å². The lowest BCUT2D eigenvalue weighted by molar-refractivity contribution is 0.0708. The molecule has 6 rings (SSSR count). The summed E-state index contributed by atoms with van der Waals surface area (Å²) in [6.45, 7) is 4.54. The molecule has 0 spiro atoms. The maximum atomic E-state index is 13.5. The van der Waals surface area contributed by atoms with Crippen LogP contribution in [-0.2, 0) is 13.0 Å². The second-order valence-corrected chi connectivity index (χ2v) is 10.2. The zero-order valence-electron chi connectivity index (χ0n) is 18.9. The lowest BCUT2D eigenvalue weighted by Gasteiger charge is -2.32. The van der Waals surface area contributed by atoms with Crippen LogP contribution in [0.1, 0.15) is 65.0 Å². The molecule has 4 aromatic rings. The highest BCUT2D eigenvalue weighted by Crippen LogP contribution is 2.33. The Labute approximate surface area is 197 Å². The number of carbonyl (C=O) groups excluding carboxylic acids is 1. The Morgan fingerprint density at radius 1 is 1.06 bits per heavy atom. The molecule has 0 saturated carbocycles. The number of carbonyl (C=O) groups is 1. The number of aryl methyl sites for hydroxylation is 2. The summed E-state index contributed by atoms with van der Waals surface area (Å²) in [4.78, 5) is 17.4. The van der Waals surface area contributed by atoms with Gasteiger partial charge in [-0.2, -0.15) is 5.10 Å². The van der Waals surface area contributed by atoms with Crippen molar-refractivity contribution in [3.05, 3.63) is 58.6 Å². The molecule has 33 heavy (non-hydrogen) atoms. The van der Waals surface area contributed by atoms with Crippen LogP contribution in [0.5, 0.6) is 0 Å². The third kappa shape index (κ3) is 3.66. The van der Waals surface area contributed by atoms with Crippen molar-refractivity contribution in [2.75, 3.05) is 13.1 Å². The summed E-state index contributed by atoms with van der Waals surface area (Å²) < 4.78 is 4.29. The van der Waals surface area contributed by atoms with Gasteiger partial charge >= 0.3 is 0 Å². The number of likely N-dealkylation sites (tertiary alicyclic amines) is 1. The summed E-state index contributed by atoms with van der Waals surface area (Å²) in [5.74, 6) is 2.58. The van der Waals surface area contributed by atoms with Gasteiger partial charge < -0.3 is 9.47 Å². The summed E-state index contributed by atoms with van der Waals surface area (Å²) in [7, 11) is 0. The molecule has 1 amide bonds. The van der Waals surface area contributed by atoms with E-state index < -0.39 is 0 Å². The van der Waals surface area contributed by atoms with E-state index in [1.54, 1.807) is 11.3 Å². The number of para-hydroxylation sites is 1. The van der Waals surface area contributed by atoms with Crippen molar-refractivity contribution < 1.29 is 4.79 Å². The first-order valence-corrected chi connectivity index (χ1v) is 12.8. The molecule has 1 aromatic carbocycles. The SMILES string of the molecule is Cc1nn(-c2ccccc2)c2sc(C(=O)N3CCCC(c4nnc5n4CCCCC5)C3)cc12. The number of aromatic nitrogens is 5. The maximum absolute atomic E-state index is 13.5. The molecule has 2 aliphatic heterocycles. The number of hydrogen-bond donors (Lipinski definition) is 0. The second-order valence-electron chi connectivity index (χ2n) is 9.19. The van der Waals surface area contributed by atoms with Gasteiger partial charge in [-0.25, -0.2) is 4.68 Å². The van der Waals surface area contributed by atoms with Gasteiger partial charge in [0.15, 0.2) is 0 Å². The average Bonchev–Trinajstić information content (AvgIpc) is 3.49. The Kier molecular flexibility index (Phi) is 5.25. The van der Waals surface area contributed by atoms with Crippen LogP contribution in [0, 0.1) is 6.92 Å². The zero-order valence-corrected chi connectivity index (χ0v) is 19.7. The van der Waals surface area contributed by atoms with Crippen molar-refractivity contribution in [1.29, 1.82) is 0 Å². The number of benzene rings is 1. The molecule has 1 saturated heterocycles. The quantitative estimate of drug-likeness (QED) is 0.443. The molecule has 2 aliphatic rings. The predicted molar refractivity (Wildman–Crippen MR) is 129 cm³/mol. The van der Waals surface area contributed by atoms with E-state index in [0.29, 0.717) is 0 Å². The molecule has 1 atom stereocenters. The van der Waals surface area contributed by atoms with E-state index in [0.717, 1.165) is 77.0 Å². The second kappa shape index (κ2) is 8.41. The minimum absolute atomic E-state index is 0.121. The number of thiophene rings is 1. The van der Waals surface area contributed by atoms with Crippen LogP contribution in [0.3, 0.4) is 0 Å². The molecule has 0 aliphatic carbocycles. The third-order valence-corrected chi connectivity index (χ3v) is 8.07. The Hall–Kier alpha value is -3.00. The number of rotatable bonds is 3. The highest BCUT2D eigenvalue weighted by molar-refractivity contribution is 7.20. The Balaban J connectivity index is 1.27. The summed E-state index contributed by atoms with van der Waals surface area (Å²) in [6.07, 6.45) is 6.72. The van der Waals surface area contributed by atoms with E-state index in [4.69, 9.17) is 5.10 Å². The van der Waals surface area contributed by atoms with Crippen molar-refractivity contribution >= 4 is 27.5 Å². The molecule has 7 nitrogen and oxygen atoms in total. The van der Waals surface area contributed by atoms with Crippen molar-refractivity contribution in [1.82, 2.24) is 29.4 Å². The number of hydrogen-bond acceptors (Lipinski definition) is 5. The van der Waals surface area contributed by atoms with E-state index in [1.807, 2.05) is 52.9 Å². The van der Waals surface area contributed by atoms with Gasteiger partial charge in [0.25, 0.3) is 5.91 Å². The van der Waals surface area contributed by atoms with Crippen LogP contribution in [0.15, 0.2) is 36.4 Å². The number of nitrogens with zero attached hydrogens (tertiary/aromatic N) is 6. The summed E-state index contributed by atoms with van der Waals surface area (Å²) >= 11 is 1.54. The zero-order chi connectivity index (χ0) is 22.4. The van der Waals surface area contributed by atoms with Crippen molar-refractivity contribution in [3.8, 4) is 5.69 Å². The largest absolute Gasteiger partial charge is 0.337 e. The lowest BCUT2D eigenvalue weighted by Crippen LogP contribution is -2.39. The predicted octanol–water partition coefficient (Wildman–Crippen LogP) is 4.73. The lowest BCUT2D eigenvalue weighted by atomic mass is 9.97. The number of amides is 1. The van der Waals surface area contributed by atoms with E-state index >= 15 is 0 Å². The van der Waals surface area contributed by atoms with Crippen molar-refractivity contribution in [2.24, 2.45) is 0 Å². The van der Waals surface area contributed by atoms with E-state index in [-0.39, 0.29) is 11.8 Å². The van der Waals surface area contributed by atoms with E-state index in [1.165, 1.54) is 19.3 Å². The summed E-state index contributed by atoms with van der Waals surface area (Å²) in [5.41, 5.74) is 1.97. The normalized spacial score (nSPS) is 18.9. The molecule has 8 heteroatoms. The first-order chi connectivity index (χ1) is 16.2. The maximum Gasteiger partial charge on any atom is 0.264 e. The first kappa shape index (κ1) is 20.6. The molecule has 1 unspecified atom stereocenters. The number of piperidine rings is 1. The fourth-order valence-electron chi connectivity index (χ4n) is 5.23. The Morgan fingerprint density at radius 3 is 2.82 bits per heavy atom. The van der Waals surface area contributed by atoms with Gasteiger partial charge in [-0.1, -0.05) is 24.6 Å². The first-order valence-electron chi connectivity index (χ1n) is 11.9. The molecular formula is C25H28N6OS. The van der Waals surface area contributed by atoms with Crippen LogP contribution in [0.2, 0.25) is 0 Å². The molecule has 0 radical (unpaired) electrons. The third-order valence-electron chi connectivity index (χ3n) is 6.97. The summed E-state index contributed by atoms with van der Waals surface area (Å²) in [5, 5.41) is 14.8. The molecule has 0 bridgehead atoms. The molecule has 3 aromatic heterocycles. The van der Waals surface area contributed by atoms with Gasteiger partial charge in [0.2, 0.25) is 0 Å². The Morgan fingerprint density at radius 2 is 1.94 bits per heavy atom. The minimum Gasteiger partial charge on any atom is -0.337 e. The molecule has 0 N–H and O–H groups in total. The fourth-order valence-corrected chi connectivity index (χ4v) is 6.39. The smallest absolute Gasteiger partial charge is 0.264 e. The van der Waals surface area contributed by atoms with Crippen molar-refractivity contribution in [2.45, 2.75) is 57.9 Å². The van der Waals surface area contributed by atoms with Crippen LogP contribution in [0.25, 0.3) is 15.9 Å². The molecule has 1 fully saturated rings.